The largest absolute Gasteiger partial charge is 0.488 e. The Balaban J connectivity index is 2.15. The van der Waals surface area contributed by atoms with E-state index in [4.69, 9.17) is 4.74 Å². The third kappa shape index (κ3) is 3.08. The molecule has 2 rings (SSSR count). The van der Waals surface area contributed by atoms with Gasteiger partial charge in [0.25, 0.3) is 0 Å². The Labute approximate surface area is 107 Å². The molecule has 0 spiro atoms. The van der Waals surface area contributed by atoms with Crippen LogP contribution in [0.25, 0.3) is 0 Å². The van der Waals surface area contributed by atoms with E-state index in [0.717, 1.165) is 22.4 Å². The molecule has 3 heteroatoms. The molecule has 1 N–H and O–H groups in total. The third-order valence-electron chi connectivity index (χ3n) is 2.74. The Bertz CT molecular complexity index is 509. The second kappa shape index (κ2) is 5.65. The number of aliphatic hydroxyl groups is 1. The lowest BCUT2D eigenvalue weighted by Crippen LogP contribution is -2.01. The quantitative estimate of drug-likeness (QED) is 0.897. The van der Waals surface area contributed by atoms with Gasteiger partial charge in [0, 0.05) is 23.5 Å². The summed E-state index contributed by atoms with van der Waals surface area (Å²) in [4.78, 5) is 4.04. The molecule has 2 aromatic rings. The Kier molecular flexibility index (Phi) is 3.95. The van der Waals surface area contributed by atoms with Crippen molar-refractivity contribution in [3.63, 3.8) is 0 Å². The van der Waals surface area contributed by atoms with Gasteiger partial charge in [0.1, 0.15) is 12.4 Å². The summed E-state index contributed by atoms with van der Waals surface area (Å²) in [6.07, 6.45) is 2.98. The number of aryl methyl sites for hydroxylation is 1. The van der Waals surface area contributed by atoms with Crippen molar-refractivity contribution in [2.45, 2.75) is 26.6 Å². The number of hydrogen-bond acceptors (Lipinski definition) is 3. The van der Waals surface area contributed by atoms with Gasteiger partial charge in [-0.15, -0.1) is 0 Å². The second-order valence-electron chi connectivity index (χ2n) is 4.37. The predicted molar refractivity (Wildman–Crippen MR) is 70.4 cm³/mol. The minimum atomic E-state index is -0.533. The first kappa shape index (κ1) is 12.6. The fraction of sp³-hybridized carbons (Fsp3) is 0.267. The van der Waals surface area contributed by atoms with Gasteiger partial charge >= 0.3 is 0 Å². The zero-order chi connectivity index (χ0) is 13.0. The van der Waals surface area contributed by atoms with E-state index in [1.807, 2.05) is 37.3 Å². The Hall–Kier alpha value is -1.87. The van der Waals surface area contributed by atoms with Crippen LogP contribution in [0.5, 0.6) is 5.75 Å². The number of rotatable bonds is 4. The highest BCUT2D eigenvalue weighted by molar-refractivity contribution is 5.38. The van der Waals surface area contributed by atoms with Crippen molar-refractivity contribution >= 4 is 0 Å². The van der Waals surface area contributed by atoms with E-state index in [-0.39, 0.29) is 0 Å². The van der Waals surface area contributed by atoms with Crippen molar-refractivity contribution in [3.05, 3.63) is 59.4 Å². The maximum atomic E-state index is 9.70. The minimum absolute atomic E-state index is 0.455. The molecule has 0 radical (unpaired) electrons. The average Bonchev–Trinajstić information content (AvgIpc) is 2.37. The molecule has 0 amide bonds. The second-order valence-corrected chi connectivity index (χ2v) is 4.37. The Morgan fingerprint density at radius 2 is 2.17 bits per heavy atom. The molecule has 1 heterocycles. The lowest BCUT2D eigenvalue weighted by atomic mass is 10.1. The van der Waals surface area contributed by atoms with Crippen molar-refractivity contribution in [2.24, 2.45) is 0 Å². The van der Waals surface area contributed by atoms with Gasteiger partial charge in [-0.3, -0.25) is 4.98 Å². The van der Waals surface area contributed by atoms with Gasteiger partial charge < -0.3 is 9.84 Å². The van der Waals surface area contributed by atoms with Crippen LogP contribution < -0.4 is 4.74 Å². The van der Waals surface area contributed by atoms with E-state index in [9.17, 15) is 5.11 Å². The highest BCUT2D eigenvalue weighted by Crippen LogP contribution is 2.26. The molecular formula is C15H17NO2. The molecule has 0 unspecified atom stereocenters. The van der Waals surface area contributed by atoms with E-state index >= 15 is 0 Å². The van der Waals surface area contributed by atoms with Gasteiger partial charge in [-0.05, 0) is 31.5 Å². The summed E-state index contributed by atoms with van der Waals surface area (Å²) in [5.74, 6) is 0.730. The van der Waals surface area contributed by atoms with E-state index in [1.54, 1.807) is 19.3 Å². The molecule has 3 nitrogen and oxygen atoms in total. The topological polar surface area (TPSA) is 42.4 Å². The minimum Gasteiger partial charge on any atom is -0.488 e. The third-order valence-corrected chi connectivity index (χ3v) is 2.74. The van der Waals surface area contributed by atoms with Gasteiger partial charge in [-0.1, -0.05) is 18.2 Å². The van der Waals surface area contributed by atoms with Crippen molar-refractivity contribution in [1.29, 1.82) is 0 Å². The number of hydrogen-bond donors (Lipinski definition) is 1. The molecule has 0 saturated carbocycles. The van der Waals surface area contributed by atoms with Crippen LogP contribution in [0.4, 0.5) is 0 Å². The fourth-order valence-electron chi connectivity index (χ4n) is 1.76. The summed E-state index contributed by atoms with van der Waals surface area (Å²) < 4.78 is 5.77. The van der Waals surface area contributed by atoms with Gasteiger partial charge in [0.15, 0.2) is 0 Å². The molecule has 0 saturated heterocycles. The van der Waals surface area contributed by atoms with Crippen LogP contribution in [-0.4, -0.2) is 10.1 Å². The van der Waals surface area contributed by atoms with E-state index < -0.39 is 6.10 Å². The summed E-state index contributed by atoms with van der Waals surface area (Å²) in [5, 5.41) is 9.70. The van der Waals surface area contributed by atoms with Gasteiger partial charge in [-0.25, -0.2) is 0 Å². The standard InChI is InChI=1S/C15H17NO2/c1-11-5-6-14(12(2)17)15(8-11)18-10-13-4-3-7-16-9-13/h3-9,12,17H,10H2,1-2H3/t12-/m1/s1. The monoisotopic (exact) mass is 243 g/mol. The lowest BCUT2D eigenvalue weighted by Gasteiger charge is -2.14. The van der Waals surface area contributed by atoms with Crippen molar-refractivity contribution in [2.75, 3.05) is 0 Å². The summed E-state index contributed by atoms with van der Waals surface area (Å²) in [7, 11) is 0. The molecule has 18 heavy (non-hydrogen) atoms. The molecular weight excluding hydrogens is 226 g/mol. The number of aromatic nitrogens is 1. The maximum absolute atomic E-state index is 9.70. The van der Waals surface area contributed by atoms with Gasteiger partial charge in [0.2, 0.25) is 0 Å². The molecule has 0 aliphatic rings. The van der Waals surface area contributed by atoms with Gasteiger partial charge in [0.05, 0.1) is 6.10 Å². The first-order chi connectivity index (χ1) is 8.66. The van der Waals surface area contributed by atoms with Crippen LogP contribution in [0.3, 0.4) is 0 Å². The van der Waals surface area contributed by atoms with Crippen LogP contribution >= 0.6 is 0 Å². The number of ether oxygens (including phenoxy) is 1. The van der Waals surface area contributed by atoms with E-state index in [2.05, 4.69) is 4.98 Å². The zero-order valence-corrected chi connectivity index (χ0v) is 10.6. The van der Waals surface area contributed by atoms with Crippen molar-refractivity contribution in [3.8, 4) is 5.75 Å². The Morgan fingerprint density at radius 3 is 2.83 bits per heavy atom. The van der Waals surface area contributed by atoms with Crippen LogP contribution in [0.15, 0.2) is 42.7 Å². The fourth-order valence-corrected chi connectivity index (χ4v) is 1.76. The maximum Gasteiger partial charge on any atom is 0.125 e. The van der Waals surface area contributed by atoms with Crippen LogP contribution in [0, 0.1) is 6.92 Å². The first-order valence-corrected chi connectivity index (χ1v) is 5.97. The van der Waals surface area contributed by atoms with Crippen LogP contribution in [-0.2, 0) is 6.61 Å². The SMILES string of the molecule is Cc1ccc([C@@H](C)O)c(OCc2cccnc2)c1. The number of nitrogens with zero attached hydrogens (tertiary/aromatic N) is 1. The van der Waals surface area contributed by atoms with Crippen molar-refractivity contribution < 1.29 is 9.84 Å². The van der Waals surface area contributed by atoms with E-state index in [1.165, 1.54) is 0 Å². The van der Waals surface area contributed by atoms with Crippen LogP contribution in [0.1, 0.15) is 29.7 Å². The first-order valence-electron chi connectivity index (χ1n) is 5.97. The molecule has 0 fully saturated rings. The predicted octanol–water partition coefficient (Wildman–Crippen LogP) is 3.02. The average molecular weight is 243 g/mol. The molecule has 0 aliphatic heterocycles. The summed E-state index contributed by atoms with van der Waals surface area (Å²) >= 11 is 0. The molecule has 0 bridgehead atoms. The van der Waals surface area contributed by atoms with Gasteiger partial charge in [-0.2, -0.15) is 0 Å². The highest BCUT2D eigenvalue weighted by Gasteiger charge is 2.09. The molecule has 94 valence electrons. The normalized spacial score (nSPS) is 12.2. The smallest absolute Gasteiger partial charge is 0.125 e. The lowest BCUT2D eigenvalue weighted by molar-refractivity contribution is 0.190. The Morgan fingerprint density at radius 1 is 1.33 bits per heavy atom. The summed E-state index contributed by atoms with van der Waals surface area (Å²) in [6.45, 7) is 4.20. The molecule has 1 aromatic carbocycles. The van der Waals surface area contributed by atoms with E-state index in [0.29, 0.717) is 6.61 Å². The van der Waals surface area contributed by atoms with Crippen LogP contribution in [0.2, 0.25) is 0 Å². The number of pyridine rings is 1. The zero-order valence-electron chi connectivity index (χ0n) is 10.6. The highest BCUT2D eigenvalue weighted by atomic mass is 16.5. The summed E-state index contributed by atoms with van der Waals surface area (Å²) in [5.41, 5.74) is 2.93. The molecule has 1 aromatic heterocycles. The summed E-state index contributed by atoms with van der Waals surface area (Å²) in [6, 6.07) is 9.66. The molecule has 0 aliphatic carbocycles. The number of aliphatic hydroxyl groups excluding tert-OH is 1. The number of benzene rings is 1. The molecule has 1 atom stereocenters. The van der Waals surface area contributed by atoms with Crippen molar-refractivity contribution in [1.82, 2.24) is 4.98 Å².